The molecular weight excluding hydrogens is 219 g/mol. The van der Waals surface area contributed by atoms with Crippen LogP contribution in [-0.4, -0.2) is 24.9 Å². The molecule has 0 fully saturated rings. The van der Waals surface area contributed by atoms with Crippen molar-refractivity contribution >= 4 is 5.91 Å². The lowest BCUT2D eigenvalue weighted by Crippen LogP contribution is -2.25. The number of carbonyl (C=O) groups excluding carboxylic acids is 1. The Morgan fingerprint density at radius 1 is 1.25 bits per heavy atom. The Bertz CT molecular complexity index is 410. The fraction of sp³-hybridized carbons (Fsp3) is 0.364. The summed E-state index contributed by atoms with van der Waals surface area (Å²) in [5.41, 5.74) is -0.725. The summed E-state index contributed by atoms with van der Waals surface area (Å²) in [6.45, 7) is 1.55. The van der Waals surface area contributed by atoms with Gasteiger partial charge in [0.2, 0.25) is 0 Å². The van der Waals surface area contributed by atoms with Crippen molar-refractivity contribution in [2.45, 2.75) is 13.1 Å². The van der Waals surface area contributed by atoms with E-state index in [2.05, 4.69) is 0 Å². The maximum Gasteiger partial charge on any atom is 0.417 e. The lowest BCUT2D eigenvalue weighted by molar-refractivity contribution is -0.138. The third-order valence-electron chi connectivity index (χ3n) is 2.12. The first-order chi connectivity index (χ1) is 7.23. The molecule has 0 heterocycles. The van der Waals surface area contributed by atoms with Crippen LogP contribution in [0.25, 0.3) is 0 Å². The van der Waals surface area contributed by atoms with E-state index in [9.17, 15) is 18.0 Å². The summed E-state index contributed by atoms with van der Waals surface area (Å²) in [6, 6.07) is 3.68. The number of rotatable bonds is 1. The molecule has 0 saturated carbocycles. The molecule has 0 radical (unpaired) electrons. The van der Waals surface area contributed by atoms with Gasteiger partial charge in [0.05, 0.1) is 11.1 Å². The molecule has 16 heavy (non-hydrogen) atoms. The number of hydrogen-bond acceptors (Lipinski definition) is 1. The molecule has 0 aliphatic rings. The third kappa shape index (κ3) is 2.53. The van der Waals surface area contributed by atoms with Crippen LogP contribution in [0.15, 0.2) is 18.2 Å². The van der Waals surface area contributed by atoms with Crippen LogP contribution >= 0.6 is 0 Å². The number of amides is 1. The Hall–Kier alpha value is -1.52. The first-order valence-corrected chi connectivity index (χ1v) is 4.63. The Labute approximate surface area is 91.7 Å². The maximum absolute atomic E-state index is 12.7. The minimum atomic E-state index is -4.51. The highest BCUT2D eigenvalue weighted by molar-refractivity contribution is 5.95. The van der Waals surface area contributed by atoms with Crippen LogP contribution in [0.3, 0.4) is 0 Å². The third-order valence-corrected chi connectivity index (χ3v) is 2.12. The lowest BCUT2D eigenvalue weighted by atomic mass is 10.0. The fourth-order valence-electron chi connectivity index (χ4n) is 1.32. The molecule has 1 rings (SSSR count). The monoisotopic (exact) mass is 231 g/mol. The zero-order valence-electron chi connectivity index (χ0n) is 9.22. The Balaban J connectivity index is 3.34. The van der Waals surface area contributed by atoms with Gasteiger partial charge in [0.25, 0.3) is 5.91 Å². The quantitative estimate of drug-likeness (QED) is 0.727. The van der Waals surface area contributed by atoms with Gasteiger partial charge in [0.15, 0.2) is 0 Å². The van der Waals surface area contributed by atoms with Gasteiger partial charge in [-0.15, -0.1) is 0 Å². The highest BCUT2D eigenvalue weighted by atomic mass is 19.4. The molecule has 2 nitrogen and oxygen atoms in total. The molecule has 88 valence electrons. The summed E-state index contributed by atoms with van der Waals surface area (Å²) in [7, 11) is 2.84. The number of nitrogens with zero attached hydrogens (tertiary/aromatic N) is 1. The molecule has 1 amide bonds. The zero-order chi connectivity index (χ0) is 12.5. The van der Waals surface area contributed by atoms with E-state index in [4.69, 9.17) is 0 Å². The standard InChI is InChI=1S/C11H12F3NO/c1-7-4-5-8(10(16)15(2)3)9(6-7)11(12,13)14/h4-6H,1-3H3. The molecule has 0 atom stereocenters. The average molecular weight is 231 g/mol. The van der Waals surface area contributed by atoms with Crippen LogP contribution in [0.5, 0.6) is 0 Å². The van der Waals surface area contributed by atoms with Gasteiger partial charge in [0.1, 0.15) is 0 Å². The van der Waals surface area contributed by atoms with Crippen LogP contribution in [-0.2, 0) is 6.18 Å². The Morgan fingerprint density at radius 2 is 1.81 bits per heavy atom. The molecule has 1 aromatic carbocycles. The van der Waals surface area contributed by atoms with Crippen molar-refractivity contribution < 1.29 is 18.0 Å². The van der Waals surface area contributed by atoms with Crippen LogP contribution in [0.2, 0.25) is 0 Å². The smallest absolute Gasteiger partial charge is 0.345 e. The van der Waals surface area contributed by atoms with Crippen LogP contribution in [0.4, 0.5) is 13.2 Å². The Morgan fingerprint density at radius 3 is 2.25 bits per heavy atom. The normalized spacial score (nSPS) is 11.4. The predicted octanol–water partition coefficient (Wildman–Crippen LogP) is 2.72. The average Bonchev–Trinajstić information content (AvgIpc) is 2.15. The van der Waals surface area contributed by atoms with E-state index in [0.717, 1.165) is 11.0 Å². The molecule has 5 heteroatoms. The van der Waals surface area contributed by atoms with Crippen molar-refractivity contribution in [1.82, 2.24) is 4.90 Å². The number of aryl methyl sites for hydroxylation is 1. The molecule has 0 aliphatic heterocycles. The van der Waals surface area contributed by atoms with Gasteiger partial charge in [-0.05, 0) is 19.1 Å². The van der Waals surface area contributed by atoms with E-state index in [1.807, 2.05) is 0 Å². The summed E-state index contributed by atoms with van der Waals surface area (Å²) in [6.07, 6.45) is -4.51. The van der Waals surface area contributed by atoms with Gasteiger partial charge >= 0.3 is 6.18 Å². The van der Waals surface area contributed by atoms with Crippen molar-refractivity contribution in [3.63, 3.8) is 0 Å². The highest BCUT2D eigenvalue weighted by Gasteiger charge is 2.35. The van der Waals surface area contributed by atoms with Crippen LogP contribution in [0.1, 0.15) is 21.5 Å². The van der Waals surface area contributed by atoms with Crippen molar-refractivity contribution in [1.29, 1.82) is 0 Å². The first-order valence-electron chi connectivity index (χ1n) is 4.63. The largest absolute Gasteiger partial charge is 0.417 e. The second-order valence-electron chi connectivity index (χ2n) is 3.75. The molecule has 0 saturated heterocycles. The number of alkyl halides is 3. The summed E-state index contributed by atoms with van der Waals surface area (Å²) in [4.78, 5) is 12.7. The summed E-state index contributed by atoms with van der Waals surface area (Å²) < 4.78 is 38.0. The number of hydrogen-bond donors (Lipinski definition) is 0. The van der Waals surface area contributed by atoms with Gasteiger partial charge in [-0.3, -0.25) is 4.79 Å². The van der Waals surface area contributed by atoms with Gasteiger partial charge in [-0.2, -0.15) is 13.2 Å². The minimum absolute atomic E-state index is 0.317. The SMILES string of the molecule is Cc1ccc(C(=O)N(C)C)c(C(F)(F)F)c1. The number of halogens is 3. The first kappa shape index (κ1) is 12.5. The van der Waals surface area contributed by atoms with Crippen molar-refractivity contribution in [3.05, 3.63) is 34.9 Å². The molecule has 1 aromatic rings. The lowest BCUT2D eigenvalue weighted by Gasteiger charge is -2.16. The van der Waals surface area contributed by atoms with E-state index < -0.39 is 17.6 Å². The van der Waals surface area contributed by atoms with Crippen molar-refractivity contribution in [2.75, 3.05) is 14.1 Å². The van der Waals surface area contributed by atoms with E-state index >= 15 is 0 Å². The predicted molar refractivity (Wildman–Crippen MR) is 54.2 cm³/mol. The molecule has 0 unspecified atom stereocenters. The van der Waals surface area contributed by atoms with E-state index in [-0.39, 0.29) is 5.56 Å². The molecule has 0 spiro atoms. The van der Waals surface area contributed by atoms with Gasteiger partial charge in [-0.25, -0.2) is 0 Å². The Kier molecular flexibility index (Phi) is 3.26. The topological polar surface area (TPSA) is 20.3 Å². The zero-order valence-corrected chi connectivity index (χ0v) is 9.22. The van der Waals surface area contributed by atoms with Crippen molar-refractivity contribution in [3.8, 4) is 0 Å². The van der Waals surface area contributed by atoms with Crippen molar-refractivity contribution in [2.24, 2.45) is 0 Å². The highest BCUT2D eigenvalue weighted by Crippen LogP contribution is 2.33. The fourth-order valence-corrected chi connectivity index (χ4v) is 1.32. The number of carbonyl (C=O) groups is 1. The molecule has 0 N–H and O–H groups in total. The van der Waals surface area contributed by atoms with Crippen LogP contribution in [0, 0.1) is 6.92 Å². The summed E-state index contributed by atoms with van der Waals surface area (Å²) >= 11 is 0. The molecule has 0 bridgehead atoms. The van der Waals surface area contributed by atoms with Crippen LogP contribution < -0.4 is 0 Å². The molecular formula is C11H12F3NO. The van der Waals surface area contributed by atoms with E-state index in [1.54, 1.807) is 6.92 Å². The van der Waals surface area contributed by atoms with E-state index in [0.29, 0.717) is 5.56 Å². The van der Waals surface area contributed by atoms with Gasteiger partial charge in [0, 0.05) is 14.1 Å². The minimum Gasteiger partial charge on any atom is -0.345 e. The maximum atomic E-state index is 12.7. The van der Waals surface area contributed by atoms with Gasteiger partial charge < -0.3 is 4.90 Å². The van der Waals surface area contributed by atoms with Gasteiger partial charge in [-0.1, -0.05) is 11.6 Å². The second kappa shape index (κ2) is 4.15. The summed E-state index contributed by atoms with van der Waals surface area (Å²) in [5, 5.41) is 0. The molecule has 0 aromatic heterocycles. The second-order valence-corrected chi connectivity index (χ2v) is 3.75. The molecule has 0 aliphatic carbocycles. The number of benzene rings is 1. The summed E-state index contributed by atoms with van der Waals surface area (Å²) in [5.74, 6) is -0.646. The van der Waals surface area contributed by atoms with E-state index in [1.165, 1.54) is 26.2 Å².